The normalized spacial score (nSPS) is 18.9. The average molecular weight is 498 g/mol. The van der Waals surface area contributed by atoms with Crippen LogP contribution in [-0.2, 0) is 20.5 Å². The Kier molecular flexibility index (Phi) is 6.60. The number of morpholine rings is 1. The molecule has 12 heteroatoms. The second-order valence-corrected chi connectivity index (χ2v) is 9.70. The molecule has 5 rings (SSSR count). The Morgan fingerprint density at radius 3 is 2.91 bits per heavy atom. The molecule has 4 heterocycles. The number of hydrogen-bond acceptors (Lipinski definition) is 7. The van der Waals surface area contributed by atoms with Gasteiger partial charge >= 0.3 is 0 Å². The van der Waals surface area contributed by atoms with Crippen molar-refractivity contribution in [3.05, 3.63) is 53.1 Å². The monoisotopic (exact) mass is 497 g/mol. The number of nitrogens with one attached hydrogen (secondary N) is 2. The molecule has 2 aliphatic rings. The summed E-state index contributed by atoms with van der Waals surface area (Å²) in [6.45, 7) is 6.62. The first kappa shape index (κ1) is 23.5. The van der Waals surface area contributed by atoms with E-state index < -0.39 is 16.9 Å². The van der Waals surface area contributed by atoms with E-state index >= 15 is 0 Å². The molecule has 2 aromatic heterocycles. The van der Waals surface area contributed by atoms with Gasteiger partial charge in [-0.1, -0.05) is 0 Å². The van der Waals surface area contributed by atoms with E-state index in [1.807, 2.05) is 6.92 Å². The standard InChI is InChI=1S/C23H27N7O4S/c1-14-17(22(31)25-5-2-6-29-7-9-34-10-8-29)12-30-21(14)20(26-13-27-30)19-16-11-15(35(24)33)3-4-18(16)28-23(19)32/h3-4,11-13,19H,2,5-10,24H2,1H3,(H,25,31)(H,28,32). The predicted octanol–water partition coefficient (Wildman–Crippen LogP) is 0.555. The van der Waals surface area contributed by atoms with E-state index in [1.54, 1.807) is 28.9 Å². The molecule has 11 nitrogen and oxygen atoms in total. The van der Waals surface area contributed by atoms with Gasteiger partial charge < -0.3 is 15.4 Å². The highest BCUT2D eigenvalue weighted by molar-refractivity contribution is 7.82. The Labute approximate surface area is 204 Å². The minimum Gasteiger partial charge on any atom is -0.379 e. The second kappa shape index (κ2) is 9.82. The molecular weight excluding hydrogens is 470 g/mol. The number of nitrogens with zero attached hydrogens (tertiary/aromatic N) is 4. The maximum absolute atomic E-state index is 13.0. The molecular formula is C23H27N7O4S. The number of anilines is 1. The highest BCUT2D eigenvalue weighted by Crippen LogP contribution is 2.39. The fourth-order valence-electron chi connectivity index (χ4n) is 4.69. The van der Waals surface area contributed by atoms with Crippen molar-refractivity contribution in [2.24, 2.45) is 5.14 Å². The summed E-state index contributed by atoms with van der Waals surface area (Å²) >= 11 is 0. The van der Waals surface area contributed by atoms with Gasteiger partial charge in [-0.25, -0.2) is 18.8 Å². The molecule has 0 spiro atoms. The smallest absolute Gasteiger partial charge is 0.253 e. The predicted molar refractivity (Wildman–Crippen MR) is 129 cm³/mol. The summed E-state index contributed by atoms with van der Waals surface area (Å²) in [4.78, 5) is 33.1. The third-order valence-corrected chi connectivity index (χ3v) is 7.22. The van der Waals surface area contributed by atoms with Crippen LogP contribution in [0.1, 0.15) is 39.5 Å². The van der Waals surface area contributed by atoms with Crippen molar-refractivity contribution in [2.75, 3.05) is 44.7 Å². The lowest BCUT2D eigenvalue weighted by Crippen LogP contribution is -2.38. The maximum atomic E-state index is 13.0. The van der Waals surface area contributed by atoms with Gasteiger partial charge in [0.2, 0.25) is 5.91 Å². The van der Waals surface area contributed by atoms with E-state index in [0.717, 1.165) is 39.3 Å². The van der Waals surface area contributed by atoms with Gasteiger partial charge in [0.15, 0.2) is 0 Å². The molecule has 0 bridgehead atoms. The number of aromatic nitrogens is 3. The third-order valence-electron chi connectivity index (χ3n) is 6.50. The van der Waals surface area contributed by atoms with Gasteiger partial charge in [0.25, 0.3) is 5.91 Å². The minimum atomic E-state index is -1.68. The van der Waals surface area contributed by atoms with Gasteiger partial charge in [-0.3, -0.25) is 14.5 Å². The Bertz CT molecular complexity index is 1320. The molecule has 0 aliphatic carbocycles. The number of rotatable bonds is 7. The van der Waals surface area contributed by atoms with Crippen molar-refractivity contribution < 1.29 is 18.5 Å². The lowest BCUT2D eigenvalue weighted by molar-refractivity contribution is -0.116. The molecule has 4 N–H and O–H groups in total. The Hall–Kier alpha value is -3.19. The van der Waals surface area contributed by atoms with E-state index in [9.17, 15) is 13.8 Å². The van der Waals surface area contributed by atoms with Gasteiger partial charge in [-0.2, -0.15) is 5.10 Å². The molecule has 35 heavy (non-hydrogen) atoms. The molecule has 1 aromatic carbocycles. The quantitative estimate of drug-likeness (QED) is 0.405. The molecule has 184 valence electrons. The summed E-state index contributed by atoms with van der Waals surface area (Å²) < 4.78 is 18.8. The van der Waals surface area contributed by atoms with Gasteiger partial charge in [0, 0.05) is 31.5 Å². The van der Waals surface area contributed by atoms with Crippen LogP contribution in [0.25, 0.3) is 5.52 Å². The van der Waals surface area contributed by atoms with Crippen molar-refractivity contribution in [2.45, 2.75) is 24.2 Å². The number of carbonyl (C=O) groups is 2. The van der Waals surface area contributed by atoms with E-state index in [2.05, 4.69) is 25.6 Å². The molecule has 2 amide bonds. The summed E-state index contributed by atoms with van der Waals surface area (Å²) in [5.41, 5.74) is 3.49. The first-order valence-electron chi connectivity index (χ1n) is 11.5. The van der Waals surface area contributed by atoms with Crippen molar-refractivity contribution in [3.8, 4) is 0 Å². The van der Waals surface area contributed by atoms with E-state index in [-0.39, 0.29) is 11.8 Å². The van der Waals surface area contributed by atoms with Crippen molar-refractivity contribution in [1.82, 2.24) is 24.8 Å². The zero-order valence-corrected chi connectivity index (χ0v) is 20.1. The van der Waals surface area contributed by atoms with E-state index in [1.165, 1.54) is 6.33 Å². The fraction of sp³-hybridized carbons (Fsp3) is 0.391. The van der Waals surface area contributed by atoms with Crippen LogP contribution in [0, 0.1) is 6.92 Å². The summed E-state index contributed by atoms with van der Waals surface area (Å²) in [5, 5.41) is 15.7. The van der Waals surface area contributed by atoms with Crippen LogP contribution < -0.4 is 15.8 Å². The Morgan fingerprint density at radius 1 is 1.34 bits per heavy atom. The van der Waals surface area contributed by atoms with Crippen LogP contribution in [0.4, 0.5) is 5.69 Å². The number of aryl methyl sites for hydroxylation is 1. The van der Waals surface area contributed by atoms with Crippen molar-refractivity contribution in [1.29, 1.82) is 0 Å². The van der Waals surface area contributed by atoms with Crippen LogP contribution in [0.5, 0.6) is 0 Å². The van der Waals surface area contributed by atoms with Crippen LogP contribution in [0.3, 0.4) is 0 Å². The molecule has 1 fully saturated rings. The third kappa shape index (κ3) is 4.57. The summed E-state index contributed by atoms with van der Waals surface area (Å²) in [6.07, 6.45) is 3.86. The Balaban J connectivity index is 1.39. The minimum absolute atomic E-state index is 0.196. The Morgan fingerprint density at radius 2 is 2.14 bits per heavy atom. The van der Waals surface area contributed by atoms with Gasteiger partial charge in [-0.05, 0) is 49.2 Å². The van der Waals surface area contributed by atoms with Crippen molar-refractivity contribution >= 4 is 34.0 Å². The number of amides is 2. The van der Waals surface area contributed by atoms with Crippen LogP contribution in [0.2, 0.25) is 0 Å². The topological polar surface area (TPSA) is 144 Å². The molecule has 1 saturated heterocycles. The molecule has 2 aliphatic heterocycles. The fourth-order valence-corrected chi connectivity index (χ4v) is 5.13. The molecule has 0 saturated carbocycles. The molecule has 2 atom stereocenters. The first-order chi connectivity index (χ1) is 16.9. The number of fused-ring (bicyclic) bond motifs is 2. The summed E-state index contributed by atoms with van der Waals surface area (Å²) in [6, 6.07) is 4.97. The SMILES string of the molecule is Cc1c(C(=O)NCCCN2CCOCC2)cn2ncnc(C3C(=O)Nc4ccc(S(N)=O)cc43)c12. The number of hydrogen-bond donors (Lipinski definition) is 3. The zero-order valence-electron chi connectivity index (χ0n) is 19.3. The van der Waals surface area contributed by atoms with Gasteiger partial charge in [-0.15, -0.1) is 0 Å². The van der Waals surface area contributed by atoms with Crippen LogP contribution >= 0.6 is 0 Å². The number of ether oxygens (including phenoxy) is 1. The largest absolute Gasteiger partial charge is 0.379 e. The lowest BCUT2D eigenvalue weighted by atomic mass is 9.95. The first-order valence-corrected chi connectivity index (χ1v) is 12.7. The summed E-state index contributed by atoms with van der Waals surface area (Å²) in [5.74, 6) is -1.19. The second-order valence-electron chi connectivity index (χ2n) is 8.64. The van der Waals surface area contributed by atoms with Crippen LogP contribution in [-0.4, -0.2) is 74.9 Å². The molecule has 0 radical (unpaired) electrons. The maximum Gasteiger partial charge on any atom is 0.253 e. The van der Waals surface area contributed by atoms with Gasteiger partial charge in [0.05, 0.1) is 34.9 Å². The molecule has 2 unspecified atom stereocenters. The average Bonchev–Trinajstić information content (AvgIpc) is 3.38. The van der Waals surface area contributed by atoms with E-state index in [0.29, 0.717) is 45.0 Å². The van der Waals surface area contributed by atoms with Gasteiger partial charge in [0.1, 0.15) is 23.2 Å². The van der Waals surface area contributed by atoms with E-state index in [4.69, 9.17) is 9.88 Å². The molecule has 3 aromatic rings. The highest BCUT2D eigenvalue weighted by Gasteiger charge is 2.36. The van der Waals surface area contributed by atoms with Crippen molar-refractivity contribution in [3.63, 3.8) is 0 Å². The zero-order chi connectivity index (χ0) is 24.5. The number of nitrogens with two attached hydrogens (primary N) is 1. The number of carbonyl (C=O) groups excluding carboxylic acids is 2. The number of benzene rings is 1. The van der Waals surface area contributed by atoms with Crippen LogP contribution in [0.15, 0.2) is 35.6 Å². The lowest BCUT2D eigenvalue weighted by Gasteiger charge is -2.26. The summed E-state index contributed by atoms with van der Waals surface area (Å²) in [7, 11) is -1.68. The highest BCUT2D eigenvalue weighted by atomic mass is 32.2.